The molecule has 1 nitrogen and oxygen atoms in total. The second-order valence-electron chi connectivity index (χ2n) is 5.51. The predicted octanol–water partition coefficient (Wildman–Crippen LogP) is 4.79. The largest absolute Gasteiger partial charge is 0.306 e. The summed E-state index contributed by atoms with van der Waals surface area (Å²) in [7, 11) is 0. The van der Waals surface area contributed by atoms with Crippen molar-refractivity contribution in [1.29, 1.82) is 0 Å². The molecule has 0 aliphatic rings. The Morgan fingerprint density at radius 3 is 2.57 bits per heavy atom. The molecule has 1 unspecified atom stereocenters. The van der Waals surface area contributed by atoms with E-state index in [4.69, 9.17) is 0 Å². The topological polar surface area (TPSA) is 12.0 Å². The maximum absolute atomic E-state index is 14.3. The molecule has 1 atom stereocenters. The number of hydrogen-bond donors (Lipinski definition) is 1. The molecule has 0 saturated heterocycles. The molecule has 0 bridgehead atoms. The van der Waals surface area contributed by atoms with Crippen molar-refractivity contribution in [3.05, 3.63) is 70.5 Å². The average molecular weight is 285 g/mol. The first kappa shape index (κ1) is 15.7. The summed E-state index contributed by atoms with van der Waals surface area (Å²) in [6.45, 7) is 6.94. The van der Waals surface area contributed by atoms with Gasteiger partial charge in [-0.15, -0.1) is 0 Å². The monoisotopic (exact) mass is 285 g/mol. The maximum atomic E-state index is 14.3. The first-order chi connectivity index (χ1) is 10.2. The quantitative estimate of drug-likeness (QED) is 0.805. The summed E-state index contributed by atoms with van der Waals surface area (Å²) in [5, 5.41) is 3.40. The van der Waals surface area contributed by atoms with Crippen LogP contribution in [0.4, 0.5) is 4.39 Å². The van der Waals surface area contributed by atoms with Crippen molar-refractivity contribution in [2.75, 3.05) is 6.54 Å². The van der Waals surface area contributed by atoms with Gasteiger partial charge in [-0.3, -0.25) is 0 Å². The van der Waals surface area contributed by atoms with Crippen LogP contribution in [-0.4, -0.2) is 6.54 Å². The van der Waals surface area contributed by atoms with Crippen LogP contribution in [0, 0.1) is 12.7 Å². The van der Waals surface area contributed by atoms with Crippen LogP contribution >= 0.6 is 0 Å². The molecule has 0 saturated carbocycles. The Balaban J connectivity index is 2.40. The van der Waals surface area contributed by atoms with Gasteiger partial charge in [0.05, 0.1) is 6.04 Å². The zero-order chi connectivity index (χ0) is 15.2. The second-order valence-corrected chi connectivity index (χ2v) is 5.51. The van der Waals surface area contributed by atoms with Gasteiger partial charge in [0.1, 0.15) is 5.82 Å². The third-order valence-electron chi connectivity index (χ3n) is 3.70. The van der Waals surface area contributed by atoms with Crippen LogP contribution in [0.15, 0.2) is 42.5 Å². The van der Waals surface area contributed by atoms with Crippen LogP contribution in [-0.2, 0) is 6.42 Å². The standard InChI is InChI=1S/C19H24FN/c1-4-7-15-8-6-9-16(13-15)19(21-5-2)17-11-10-14(3)12-18(17)20/h6,8-13,19,21H,4-5,7H2,1-3H3. The highest BCUT2D eigenvalue weighted by atomic mass is 19.1. The number of halogens is 1. The molecule has 0 aliphatic carbocycles. The van der Waals surface area contributed by atoms with Crippen molar-refractivity contribution in [2.24, 2.45) is 0 Å². The first-order valence-electron chi connectivity index (χ1n) is 7.74. The fraction of sp³-hybridized carbons (Fsp3) is 0.368. The molecule has 21 heavy (non-hydrogen) atoms. The fourth-order valence-corrected chi connectivity index (χ4v) is 2.69. The average Bonchev–Trinajstić information content (AvgIpc) is 2.46. The first-order valence-corrected chi connectivity index (χ1v) is 7.74. The SMILES string of the molecule is CCCc1cccc(C(NCC)c2ccc(C)cc2F)c1. The molecule has 2 heteroatoms. The third kappa shape index (κ3) is 3.92. The van der Waals surface area contributed by atoms with Crippen molar-refractivity contribution in [3.63, 3.8) is 0 Å². The van der Waals surface area contributed by atoms with Gasteiger partial charge in [0, 0.05) is 5.56 Å². The third-order valence-corrected chi connectivity index (χ3v) is 3.70. The fourth-order valence-electron chi connectivity index (χ4n) is 2.69. The summed E-state index contributed by atoms with van der Waals surface area (Å²) in [5.41, 5.74) is 4.11. The molecule has 2 aromatic rings. The van der Waals surface area contributed by atoms with Crippen LogP contribution in [0.25, 0.3) is 0 Å². The molecular formula is C19H24FN. The highest BCUT2D eigenvalue weighted by molar-refractivity contribution is 5.36. The molecule has 2 aromatic carbocycles. The highest BCUT2D eigenvalue weighted by Gasteiger charge is 2.17. The molecule has 0 aromatic heterocycles. The Hall–Kier alpha value is -1.67. The van der Waals surface area contributed by atoms with Gasteiger partial charge < -0.3 is 5.32 Å². The number of rotatable bonds is 6. The predicted molar refractivity (Wildman–Crippen MR) is 87.1 cm³/mol. The van der Waals surface area contributed by atoms with E-state index in [1.54, 1.807) is 6.07 Å². The zero-order valence-corrected chi connectivity index (χ0v) is 13.1. The molecule has 0 amide bonds. The summed E-state index contributed by atoms with van der Waals surface area (Å²) >= 11 is 0. The number of benzene rings is 2. The van der Waals surface area contributed by atoms with E-state index < -0.39 is 0 Å². The van der Waals surface area contributed by atoms with Gasteiger partial charge in [0.15, 0.2) is 0 Å². The van der Waals surface area contributed by atoms with E-state index in [-0.39, 0.29) is 11.9 Å². The lowest BCUT2D eigenvalue weighted by molar-refractivity contribution is 0.558. The van der Waals surface area contributed by atoms with Gasteiger partial charge in [-0.25, -0.2) is 4.39 Å². The Kier molecular flexibility index (Phi) is 5.51. The van der Waals surface area contributed by atoms with Gasteiger partial charge in [-0.2, -0.15) is 0 Å². The summed E-state index contributed by atoms with van der Waals surface area (Å²) in [6, 6.07) is 13.9. The van der Waals surface area contributed by atoms with E-state index in [1.807, 2.05) is 19.1 Å². The number of hydrogen-bond acceptors (Lipinski definition) is 1. The van der Waals surface area contributed by atoms with Crippen LogP contribution in [0.1, 0.15) is 48.6 Å². The van der Waals surface area contributed by atoms with Crippen molar-refractivity contribution in [2.45, 2.75) is 39.7 Å². The Morgan fingerprint density at radius 2 is 1.90 bits per heavy atom. The smallest absolute Gasteiger partial charge is 0.128 e. The Morgan fingerprint density at radius 1 is 1.10 bits per heavy atom. The lowest BCUT2D eigenvalue weighted by Gasteiger charge is -2.20. The van der Waals surface area contributed by atoms with Crippen LogP contribution in [0.2, 0.25) is 0 Å². The summed E-state index contributed by atoms with van der Waals surface area (Å²) in [5.74, 6) is -0.137. The van der Waals surface area contributed by atoms with Gasteiger partial charge in [-0.05, 0) is 42.6 Å². The van der Waals surface area contributed by atoms with Gasteiger partial charge >= 0.3 is 0 Å². The highest BCUT2D eigenvalue weighted by Crippen LogP contribution is 2.26. The zero-order valence-electron chi connectivity index (χ0n) is 13.1. The lowest BCUT2D eigenvalue weighted by atomic mass is 9.95. The minimum Gasteiger partial charge on any atom is -0.306 e. The summed E-state index contributed by atoms with van der Waals surface area (Å²) in [6.07, 6.45) is 2.18. The van der Waals surface area contributed by atoms with Crippen LogP contribution in [0.5, 0.6) is 0 Å². The number of nitrogens with one attached hydrogen (secondary N) is 1. The van der Waals surface area contributed by atoms with E-state index in [0.29, 0.717) is 0 Å². The molecule has 0 fully saturated rings. The molecule has 0 spiro atoms. The van der Waals surface area contributed by atoms with Crippen molar-refractivity contribution >= 4 is 0 Å². The minimum atomic E-state index is -0.137. The van der Waals surface area contributed by atoms with E-state index >= 15 is 0 Å². The van der Waals surface area contributed by atoms with E-state index in [9.17, 15) is 4.39 Å². The molecule has 0 radical (unpaired) electrons. The van der Waals surface area contributed by atoms with Crippen molar-refractivity contribution in [3.8, 4) is 0 Å². The molecule has 1 N–H and O–H groups in total. The normalized spacial score (nSPS) is 12.4. The molecule has 0 heterocycles. The molecular weight excluding hydrogens is 261 g/mol. The molecule has 0 aliphatic heterocycles. The van der Waals surface area contributed by atoms with Crippen LogP contribution in [0.3, 0.4) is 0 Å². The summed E-state index contributed by atoms with van der Waals surface area (Å²) in [4.78, 5) is 0. The number of aryl methyl sites for hydroxylation is 2. The van der Waals surface area contributed by atoms with Crippen molar-refractivity contribution in [1.82, 2.24) is 5.32 Å². The van der Waals surface area contributed by atoms with Gasteiger partial charge in [0.2, 0.25) is 0 Å². The minimum absolute atomic E-state index is 0.0904. The maximum Gasteiger partial charge on any atom is 0.128 e. The summed E-state index contributed by atoms with van der Waals surface area (Å²) < 4.78 is 14.3. The van der Waals surface area contributed by atoms with Gasteiger partial charge in [0.25, 0.3) is 0 Å². The van der Waals surface area contributed by atoms with E-state index in [2.05, 4.69) is 43.4 Å². The van der Waals surface area contributed by atoms with E-state index in [1.165, 1.54) is 5.56 Å². The molecule has 112 valence electrons. The van der Waals surface area contributed by atoms with Crippen LogP contribution < -0.4 is 5.32 Å². The second kappa shape index (κ2) is 7.37. The van der Waals surface area contributed by atoms with Gasteiger partial charge in [-0.1, -0.05) is 56.7 Å². The van der Waals surface area contributed by atoms with E-state index in [0.717, 1.165) is 36.1 Å². The molecule has 2 rings (SSSR count). The van der Waals surface area contributed by atoms with Crippen molar-refractivity contribution < 1.29 is 4.39 Å². The Bertz CT molecular complexity index is 592. The lowest BCUT2D eigenvalue weighted by Crippen LogP contribution is -2.23. The Labute approximate surface area is 127 Å².